The molecular formula is C25H21F3N6O2. The third-order valence-corrected chi connectivity index (χ3v) is 5.75. The van der Waals surface area contributed by atoms with Crippen molar-refractivity contribution in [3.8, 4) is 17.4 Å². The number of carbonyl (C=O) groups is 1. The molecule has 1 aliphatic rings. The van der Waals surface area contributed by atoms with Crippen LogP contribution in [-0.4, -0.2) is 45.8 Å². The molecule has 0 spiro atoms. The van der Waals surface area contributed by atoms with E-state index in [4.69, 9.17) is 9.97 Å². The summed E-state index contributed by atoms with van der Waals surface area (Å²) >= 11 is 0. The fourth-order valence-corrected chi connectivity index (χ4v) is 4.17. The average molecular weight is 494 g/mol. The molecular weight excluding hydrogens is 473 g/mol. The zero-order valence-corrected chi connectivity index (χ0v) is 19.2. The first-order valence-corrected chi connectivity index (χ1v) is 11.2. The molecule has 0 fully saturated rings. The Kier molecular flexibility index (Phi) is 6.13. The van der Waals surface area contributed by atoms with Crippen LogP contribution in [0.15, 0.2) is 54.9 Å². The van der Waals surface area contributed by atoms with Crippen LogP contribution in [0, 0.1) is 0 Å². The van der Waals surface area contributed by atoms with Crippen LogP contribution < -0.4 is 15.0 Å². The fraction of sp³-hybridized carbons (Fsp3) is 0.240. The van der Waals surface area contributed by atoms with E-state index in [1.807, 2.05) is 30.3 Å². The molecule has 184 valence electrons. The second kappa shape index (κ2) is 9.40. The van der Waals surface area contributed by atoms with E-state index < -0.39 is 12.2 Å². The Labute approximate surface area is 204 Å². The van der Waals surface area contributed by atoms with E-state index in [2.05, 4.69) is 20.0 Å². The lowest BCUT2D eigenvalue weighted by Crippen LogP contribution is -2.31. The summed E-state index contributed by atoms with van der Waals surface area (Å²) < 4.78 is 40.7. The Morgan fingerprint density at radius 2 is 1.86 bits per heavy atom. The Balaban J connectivity index is 1.34. The fourth-order valence-electron chi connectivity index (χ4n) is 4.17. The molecule has 0 unspecified atom stereocenters. The number of aromatic nitrogens is 4. The Bertz CT molecular complexity index is 1430. The van der Waals surface area contributed by atoms with E-state index >= 15 is 0 Å². The number of nitrogens with zero attached hydrogens (tertiary/aromatic N) is 5. The molecule has 0 atom stereocenters. The van der Waals surface area contributed by atoms with Gasteiger partial charge in [-0.05, 0) is 36.8 Å². The third-order valence-electron chi connectivity index (χ3n) is 5.75. The topological polar surface area (TPSA) is 93.1 Å². The summed E-state index contributed by atoms with van der Waals surface area (Å²) in [6.07, 6.45) is 0.640. The van der Waals surface area contributed by atoms with Gasteiger partial charge in [-0.1, -0.05) is 24.3 Å². The van der Waals surface area contributed by atoms with Crippen molar-refractivity contribution in [2.24, 2.45) is 0 Å². The van der Waals surface area contributed by atoms with E-state index in [0.29, 0.717) is 17.3 Å². The number of fused-ring (bicyclic) bond motifs is 2. The zero-order chi connectivity index (χ0) is 25.3. The van der Waals surface area contributed by atoms with Crippen LogP contribution >= 0.6 is 0 Å². The van der Waals surface area contributed by atoms with Gasteiger partial charge in [0.05, 0.1) is 18.4 Å². The van der Waals surface area contributed by atoms with Crippen LogP contribution in [-0.2, 0) is 17.6 Å². The van der Waals surface area contributed by atoms with Gasteiger partial charge in [0.25, 0.3) is 0 Å². The number of benzene rings is 1. The van der Waals surface area contributed by atoms with Gasteiger partial charge in [-0.2, -0.15) is 0 Å². The molecule has 1 N–H and O–H groups in total. The number of ether oxygens (including phenoxy) is 1. The lowest BCUT2D eigenvalue weighted by molar-refractivity contribution is -0.276. The van der Waals surface area contributed by atoms with Crippen LogP contribution in [0.1, 0.15) is 17.7 Å². The molecule has 1 amide bonds. The van der Waals surface area contributed by atoms with Gasteiger partial charge < -0.3 is 15.0 Å². The number of nitrogens with one attached hydrogen (secondary N) is 1. The Hall–Kier alpha value is -4.28. The summed E-state index contributed by atoms with van der Waals surface area (Å²) in [6.45, 7) is -0.0329. The van der Waals surface area contributed by atoms with Crippen LogP contribution in [0.3, 0.4) is 0 Å². The van der Waals surface area contributed by atoms with Crippen molar-refractivity contribution in [1.82, 2.24) is 19.9 Å². The Morgan fingerprint density at radius 1 is 1.06 bits per heavy atom. The van der Waals surface area contributed by atoms with Gasteiger partial charge in [-0.25, -0.2) is 15.0 Å². The van der Waals surface area contributed by atoms with Crippen molar-refractivity contribution < 1.29 is 22.7 Å². The Morgan fingerprint density at radius 3 is 2.61 bits per heavy atom. The minimum absolute atomic E-state index is 0.0329. The van der Waals surface area contributed by atoms with Crippen LogP contribution in [0.4, 0.5) is 24.7 Å². The molecule has 11 heteroatoms. The highest BCUT2D eigenvalue weighted by molar-refractivity contribution is 5.94. The summed E-state index contributed by atoms with van der Waals surface area (Å²) in [5.74, 6) is 0.168. The van der Waals surface area contributed by atoms with Crippen molar-refractivity contribution in [3.63, 3.8) is 0 Å². The van der Waals surface area contributed by atoms with Crippen molar-refractivity contribution >= 4 is 28.2 Å². The molecule has 4 aromatic rings. The van der Waals surface area contributed by atoms with E-state index in [1.165, 1.54) is 6.07 Å². The monoisotopic (exact) mass is 494 g/mol. The molecule has 0 saturated heterocycles. The highest BCUT2D eigenvalue weighted by Crippen LogP contribution is 2.31. The van der Waals surface area contributed by atoms with Gasteiger partial charge in [0, 0.05) is 36.0 Å². The van der Waals surface area contributed by atoms with Crippen molar-refractivity contribution in [2.75, 3.05) is 23.8 Å². The van der Waals surface area contributed by atoms with Gasteiger partial charge in [-0.3, -0.25) is 9.78 Å². The first-order valence-electron chi connectivity index (χ1n) is 11.2. The molecule has 8 nitrogen and oxygen atoms in total. The van der Waals surface area contributed by atoms with Gasteiger partial charge in [0.15, 0.2) is 5.82 Å². The SMILES string of the molecule is CN(CC(=O)Nc1ccc(OC(F)(F)F)nc1)c1nc(-c2cc3ccccc3cn2)nc2c1CCC2. The molecule has 0 aliphatic heterocycles. The number of halogens is 3. The minimum Gasteiger partial charge on any atom is -0.388 e. The quantitative estimate of drug-likeness (QED) is 0.420. The molecule has 3 aromatic heterocycles. The second-order valence-electron chi connectivity index (χ2n) is 8.40. The lowest BCUT2D eigenvalue weighted by Gasteiger charge is -2.21. The number of hydrogen-bond donors (Lipinski definition) is 1. The predicted octanol–water partition coefficient (Wildman–Crippen LogP) is 4.55. The zero-order valence-electron chi connectivity index (χ0n) is 19.2. The van der Waals surface area contributed by atoms with Crippen molar-refractivity contribution in [1.29, 1.82) is 0 Å². The lowest BCUT2D eigenvalue weighted by atomic mass is 10.1. The number of likely N-dealkylation sites (N-methyl/N-ethyl adjacent to an activating group) is 1. The predicted molar refractivity (Wildman–Crippen MR) is 128 cm³/mol. The first-order chi connectivity index (χ1) is 17.2. The number of aryl methyl sites for hydroxylation is 1. The number of amides is 1. The maximum atomic E-state index is 12.7. The highest BCUT2D eigenvalue weighted by atomic mass is 19.4. The summed E-state index contributed by atoms with van der Waals surface area (Å²) in [7, 11) is 1.76. The van der Waals surface area contributed by atoms with Gasteiger partial charge in [-0.15, -0.1) is 13.2 Å². The maximum Gasteiger partial charge on any atom is 0.574 e. The summed E-state index contributed by atoms with van der Waals surface area (Å²) in [5.41, 5.74) is 2.85. The summed E-state index contributed by atoms with van der Waals surface area (Å²) in [5, 5.41) is 4.68. The van der Waals surface area contributed by atoms with E-state index in [0.717, 1.165) is 53.6 Å². The van der Waals surface area contributed by atoms with Gasteiger partial charge >= 0.3 is 6.36 Å². The summed E-state index contributed by atoms with van der Waals surface area (Å²) in [6, 6.07) is 12.2. The van der Waals surface area contributed by atoms with Gasteiger partial charge in [0.1, 0.15) is 11.5 Å². The van der Waals surface area contributed by atoms with Crippen LogP contribution in [0.25, 0.3) is 22.3 Å². The number of rotatable bonds is 6. The number of alkyl halides is 3. The van der Waals surface area contributed by atoms with Crippen molar-refractivity contribution in [2.45, 2.75) is 25.6 Å². The van der Waals surface area contributed by atoms with Crippen LogP contribution in [0.2, 0.25) is 0 Å². The van der Waals surface area contributed by atoms with Crippen LogP contribution in [0.5, 0.6) is 5.88 Å². The van der Waals surface area contributed by atoms with E-state index in [9.17, 15) is 18.0 Å². The number of hydrogen-bond acceptors (Lipinski definition) is 7. The van der Waals surface area contributed by atoms with E-state index in [1.54, 1.807) is 18.1 Å². The van der Waals surface area contributed by atoms with Gasteiger partial charge in [0.2, 0.25) is 11.8 Å². The number of pyridine rings is 2. The molecule has 0 saturated carbocycles. The number of anilines is 2. The highest BCUT2D eigenvalue weighted by Gasteiger charge is 2.31. The molecule has 0 bridgehead atoms. The third kappa shape index (κ3) is 5.19. The molecule has 1 aliphatic carbocycles. The minimum atomic E-state index is -4.83. The smallest absolute Gasteiger partial charge is 0.388 e. The molecule has 0 radical (unpaired) electrons. The molecule has 1 aromatic carbocycles. The first kappa shape index (κ1) is 23.5. The normalized spacial score (nSPS) is 12.9. The molecule has 5 rings (SSSR count). The summed E-state index contributed by atoms with van der Waals surface area (Å²) in [4.78, 5) is 32.0. The largest absolute Gasteiger partial charge is 0.574 e. The molecule has 36 heavy (non-hydrogen) atoms. The van der Waals surface area contributed by atoms with E-state index in [-0.39, 0.29) is 18.1 Å². The molecule has 3 heterocycles. The number of carbonyl (C=O) groups excluding carboxylic acids is 1. The average Bonchev–Trinajstić information content (AvgIpc) is 3.32. The van der Waals surface area contributed by atoms with Crippen molar-refractivity contribution in [3.05, 3.63) is 66.1 Å². The maximum absolute atomic E-state index is 12.7. The second-order valence-corrected chi connectivity index (χ2v) is 8.40. The standard InChI is InChI=1S/C25H21F3N6O2/c1-34(14-21(35)31-17-9-10-22(30-13-17)36-25(26,27)28)24-18-7-4-8-19(18)32-23(33-24)20-11-15-5-2-3-6-16(15)12-29-20/h2-3,5-6,9-13H,4,7-8,14H2,1H3,(H,31,35).